The van der Waals surface area contributed by atoms with Crippen molar-refractivity contribution in [1.29, 1.82) is 0 Å². The average molecular weight is 255 g/mol. The lowest BCUT2D eigenvalue weighted by atomic mass is 10.3. The van der Waals surface area contributed by atoms with Crippen molar-refractivity contribution in [3.63, 3.8) is 0 Å². The highest BCUT2D eigenvalue weighted by molar-refractivity contribution is 5.45. The number of anilines is 1. The molecule has 0 heterocycles. The zero-order chi connectivity index (χ0) is 13.1. The molecule has 0 radical (unpaired) electrons. The van der Waals surface area contributed by atoms with E-state index in [2.05, 4.69) is 5.32 Å². The minimum atomic E-state index is 0.269. The van der Waals surface area contributed by atoms with Crippen LogP contribution in [0.2, 0.25) is 0 Å². The first kappa shape index (κ1) is 14.8. The lowest BCUT2D eigenvalue weighted by molar-refractivity contribution is -0.0710. The van der Waals surface area contributed by atoms with E-state index in [0.717, 1.165) is 11.4 Å². The summed E-state index contributed by atoms with van der Waals surface area (Å²) in [4.78, 5) is 0. The van der Waals surface area contributed by atoms with Crippen LogP contribution in [0.3, 0.4) is 0 Å². The normalized spacial score (nSPS) is 10.3. The van der Waals surface area contributed by atoms with Crippen LogP contribution >= 0.6 is 0 Å². The number of methoxy groups -OCH3 is 1. The monoisotopic (exact) mass is 255 g/mol. The molecule has 5 heteroatoms. The molecule has 0 saturated carbocycles. The van der Waals surface area contributed by atoms with Gasteiger partial charge in [0.25, 0.3) is 0 Å². The van der Waals surface area contributed by atoms with E-state index in [-0.39, 0.29) is 6.79 Å². The van der Waals surface area contributed by atoms with E-state index in [4.69, 9.17) is 18.9 Å². The van der Waals surface area contributed by atoms with Crippen molar-refractivity contribution in [2.75, 3.05) is 52.7 Å². The maximum Gasteiger partial charge on any atom is 0.146 e. The standard InChI is InChI=1S/C13H21NO4/c1-14-12-3-5-13(6-4-12)18-10-9-17-11-16-8-7-15-2/h3-6,14H,7-11H2,1-2H3. The lowest BCUT2D eigenvalue weighted by Gasteiger charge is -2.08. The molecule has 0 saturated heterocycles. The zero-order valence-corrected chi connectivity index (χ0v) is 11.0. The largest absolute Gasteiger partial charge is 0.491 e. The van der Waals surface area contributed by atoms with Crippen molar-refractivity contribution in [2.24, 2.45) is 0 Å². The molecule has 0 unspecified atom stereocenters. The van der Waals surface area contributed by atoms with Gasteiger partial charge in [-0.15, -0.1) is 0 Å². The number of hydrogen-bond acceptors (Lipinski definition) is 5. The number of ether oxygens (including phenoxy) is 4. The molecule has 5 nitrogen and oxygen atoms in total. The van der Waals surface area contributed by atoms with Gasteiger partial charge in [-0.25, -0.2) is 0 Å². The number of benzene rings is 1. The molecule has 0 aromatic heterocycles. The van der Waals surface area contributed by atoms with E-state index in [1.54, 1.807) is 7.11 Å². The number of hydrogen-bond donors (Lipinski definition) is 1. The molecule has 1 N–H and O–H groups in total. The van der Waals surface area contributed by atoms with E-state index in [9.17, 15) is 0 Å². The molecule has 0 aliphatic heterocycles. The van der Waals surface area contributed by atoms with Gasteiger partial charge in [-0.05, 0) is 24.3 Å². The van der Waals surface area contributed by atoms with Gasteiger partial charge in [-0.2, -0.15) is 0 Å². The smallest absolute Gasteiger partial charge is 0.146 e. The SMILES string of the molecule is CNc1ccc(OCCOCOCCOC)cc1. The molecule has 1 rings (SSSR count). The van der Waals surface area contributed by atoms with Crippen LogP contribution in [0.5, 0.6) is 5.75 Å². The summed E-state index contributed by atoms with van der Waals surface area (Å²) in [5.74, 6) is 0.831. The van der Waals surface area contributed by atoms with Gasteiger partial charge < -0.3 is 24.3 Å². The van der Waals surface area contributed by atoms with Gasteiger partial charge in [0.1, 0.15) is 19.1 Å². The van der Waals surface area contributed by atoms with Crippen molar-refractivity contribution in [3.8, 4) is 5.75 Å². The molecule has 0 amide bonds. The molecule has 0 spiro atoms. The van der Waals surface area contributed by atoms with Gasteiger partial charge in [0, 0.05) is 19.8 Å². The lowest BCUT2D eigenvalue weighted by Crippen LogP contribution is -2.11. The Morgan fingerprint density at radius 3 is 2.22 bits per heavy atom. The first-order valence-electron chi connectivity index (χ1n) is 5.92. The van der Waals surface area contributed by atoms with E-state index in [1.807, 2.05) is 31.3 Å². The molecule has 0 bridgehead atoms. The fourth-order valence-electron chi connectivity index (χ4n) is 1.26. The fraction of sp³-hybridized carbons (Fsp3) is 0.538. The maximum atomic E-state index is 5.50. The summed E-state index contributed by atoms with van der Waals surface area (Å²) < 4.78 is 20.7. The highest BCUT2D eigenvalue weighted by Gasteiger charge is 1.94. The van der Waals surface area contributed by atoms with Crippen LogP contribution in [0, 0.1) is 0 Å². The van der Waals surface area contributed by atoms with Crippen molar-refractivity contribution in [3.05, 3.63) is 24.3 Å². The Morgan fingerprint density at radius 2 is 1.61 bits per heavy atom. The molecule has 0 aliphatic rings. The summed E-state index contributed by atoms with van der Waals surface area (Å²) in [6, 6.07) is 7.76. The van der Waals surface area contributed by atoms with Gasteiger partial charge in [0.15, 0.2) is 0 Å². The van der Waals surface area contributed by atoms with Crippen LogP contribution in [-0.2, 0) is 14.2 Å². The molecule has 1 aromatic carbocycles. The summed E-state index contributed by atoms with van der Waals surface area (Å²) in [7, 11) is 3.52. The third kappa shape index (κ3) is 6.44. The topological polar surface area (TPSA) is 49.0 Å². The van der Waals surface area contributed by atoms with Gasteiger partial charge in [-0.3, -0.25) is 0 Å². The Balaban J connectivity index is 2.00. The predicted octanol–water partition coefficient (Wildman–Crippen LogP) is 1.74. The summed E-state index contributed by atoms with van der Waals surface area (Å²) >= 11 is 0. The van der Waals surface area contributed by atoms with Gasteiger partial charge in [0.05, 0.1) is 19.8 Å². The average Bonchev–Trinajstić information content (AvgIpc) is 2.42. The molecule has 0 fully saturated rings. The zero-order valence-electron chi connectivity index (χ0n) is 11.0. The molecular weight excluding hydrogens is 234 g/mol. The quantitative estimate of drug-likeness (QED) is 0.510. The minimum Gasteiger partial charge on any atom is -0.491 e. The van der Waals surface area contributed by atoms with Crippen molar-refractivity contribution < 1.29 is 18.9 Å². The van der Waals surface area contributed by atoms with Crippen molar-refractivity contribution >= 4 is 5.69 Å². The van der Waals surface area contributed by atoms with Crippen molar-refractivity contribution in [2.45, 2.75) is 0 Å². The Kier molecular flexibility index (Phi) is 7.96. The molecule has 18 heavy (non-hydrogen) atoms. The molecule has 0 atom stereocenters. The van der Waals surface area contributed by atoms with Gasteiger partial charge in [0.2, 0.25) is 0 Å². The van der Waals surface area contributed by atoms with Crippen LogP contribution < -0.4 is 10.1 Å². The first-order chi connectivity index (χ1) is 8.86. The number of rotatable bonds is 10. The van der Waals surface area contributed by atoms with Crippen LogP contribution in [0.1, 0.15) is 0 Å². The molecule has 1 aromatic rings. The predicted molar refractivity (Wildman–Crippen MR) is 70.1 cm³/mol. The highest BCUT2D eigenvalue weighted by atomic mass is 16.7. The summed E-state index contributed by atoms with van der Waals surface area (Å²) in [6.07, 6.45) is 0. The summed E-state index contributed by atoms with van der Waals surface area (Å²) in [5.41, 5.74) is 1.06. The first-order valence-corrected chi connectivity index (χ1v) is 5.92. The van der Waals surface area contributed by atoms with Crippen LogP contribution in [0.25, 0.3) is 0 Å². The Labute approximate surface area is 108 Å². The highest BCUT2D eigenvalue weighted by Crippen LogP contribution is 2.14. The third-order valence-corrected chi connectivity index (χ3v) is 2.24. The Hall–Kier alpha value is -1.30. The minimum absolute atomic E-state index is 0.269. The summed E-state index contributed by atoms with van der Waals surface area (Å²) in [6.45, 7) is 2.40. The van der Waals surface area contributed by atoms with Crippen LogP contribution in [0.4, 0.5) is 5.69 Å². The second-order valence-corrected chi connectivity index (χ2v) is 3.55. The van der Waals surface area contributed by atoms with E-state index in [1.165, 1.54) is 0 Å². The third-order valence-electron chi connectivity index (χ3n) is 2.24. The van der Waals surface area contributed by atoms with E-state index >= 15 is 0 Å². The Bertz CT molecular complexity index is 302. The van der Waals surface area contributed by atoms with Crippen LogP contribution in [-0.4, -0.2) is 47.4 Å². The van der Waals surface area contributed by atoms with Crippen LogP contribution in [0.15, 0.2) is 24.3 Å². The fourth-order valence-corrected chi connectivity index (χ4v) is 1.26. The Morgan fingerprint density at radius 1 is 0.944 bits per heavy atom. The molecule has 0 aliphatic carbocycles. The summed E-state index contributed by atoms with van der Waals surface area (Å²) in [5, 5.41) is 3.05. The molecule has 102 valence electrons. The van der Waals surface area contributed by atoms with Gasteiger partial charge in [-0.1, -0.05) is 0 Å². The number of nitrogens with one attached hydrogen (secondary N) is 1. The second-order valence-electron chi connectivity index (χ2n) is 3.55. The molecular formula is C13H21NO4. The van der Waals surface area contributed by atoms with Gasteiger partial charge >= 0.3 is 0 Å². The van der Waals surface area contributed by atoms with Crippen molar-refractivity contribution in [1.82, 2.24) is 0 Å². The van der Waals surface area contributed by atoms with E-state index < -0.39 is 0 Å². The van der Waals surface area contributed by atoms with E-state index in [0.29, 0.717) is 26.4 Å². The second kappa shape index (κ2) is 9.70. The maximum absolute atomic E-state index is 5.50.